The molecule has 10 heteroatoms. The van der Waals surface area contributed by atoms with Crippen molar-refractivity contribution < 1.29 is 32.7 Å². The number of hydrogen-bond acceptors (Lipinski definition) is 6. The third-order valence-corrected chi connectivity index (χ3v) is 8.10. The van der Waals surface area contributed by atoms with Crippen molar-refractivity contribution in [3.05, 3.63) is 5.76 Å². The van der Waals surface area contributed by atoms with Crippen LogP contribution in [0.25, 0.3) is 0 Å². The standard InChI is InChI=1S/C21H28F2N2O5S/c1-10(2)8-31-17-16(30-25-19(17)29-9-21(22,23)20(27)28)18(26)24-15-13-4-11-3-12(6-13)7-14(15)5-11/h10-15H,3-9H2,1-2H3,(H,24,26)(H,27,28). The lowest BCUT2D eigenvalue weighted by molar-refractivity contribution is -0.169. The van der Waals surface area contributed by atoms with Gasteiger partial charge in [-0.1, -0.05) is 13.8 Å². The fourth-order valence-corrected chi connectivity index (χ4v) is 6.46. The monoisotopic (exact) mass is 458 g/mol. The van der Waals surface area contributed by atoms with Gasteiger partial charge in [0.1, 0.15) is 4.90 Å². The predicted molar refractivity (Wildman–Crippen MR) is 108 cm³/mol. The molecule has 0 aromatic carbocycles. The first-order chi connectivity index (χ1) is 14.6. The van der Waals surface area contributed by atoms with E-state index >= 15 is 0 Å². The molecular formula is C21H28F2N2O5S. The van der Waals surface area contributed by atoms with Gasteiger partial charge in [0.15, 0.2) is 6.61 Å². The van der Waals surface area contributed by atoms with Crippen molar-refractivity contribution in [1.29, 1.82) is 0 Å². The van der Waals surface area contributed by atoms with Crippen LogP contribution in [0.15, 0.2) is 9.42 Å². The summed E-state index contributed by atoms with van der Waals surface area (Å²) in [6.45, 7) is 2.57. The van der Waals surface area contributed by atoms with Crippen LogP contribution in [-0.4, -0.2) is 46.5 Å². The number of aromatic nitrogens is 1. The highest BCUT2D eigenvalue weighted by molar-refractivity contribution is 7.99. The third-order valence-electron chi connectivity index (χ3n) is 6.62. The molecule has 0 aliphatic heterocycles. The Hall–Kier alpha value is -1.84. The predicted octanol–water partition coefficient (Wildman–Crippen LogP) is 4.08. The molecule has 0 spiro atoms. The largest absolute Gasteiger partial charge is 0.477 e. The van der Waals surface area contributed by atoms with Crippen LogP contribution in [0.5, 0.6) is 5.88 Å². The quantitative estimate of drug-likeness (QED) is 0.538. The van der Waals surface area contributed by atoms with Crippen molar-refractivity contribution in [3.63, 3.8) is 0 Å². The lowest BCUT2D eigenvalue weighted by atomic mass is 9.54. The summed E-state index contributed by atoms with van der Waals surface area (Å²) in [7, 11) is 0. The third kappa shape index (κ3) is 4.68. The molecule has 1 aromatic rings. The second-order valence-electron chi connectivity index (χ2n) is 9.58. The number of carboxylic acids is 1. The Bertz CT molecular complexity index is 816. The van der Waals surface area contributed by atoms with Crippen LogP contribution >= 0.6 is 11.8 Å². The number of carboxylic acid groups (broad SMARTS) is 1. The molecule has 0 saturated heterocycles. The molecule has 5 rings (SSSR count). The van der Waals surface area contributed by atoms with Gasteiger partial charge in [0.05, 0.1) is 0 Å². The number of nitrogens with zero attached hydrogens (tertiary/aromatic N) is 1. The van der Waals surface area contributed by atoms with Crippen LogP contribution in [0.2, 0.25) is 0 Å². The van der Waals surface area contributed by atoms with Crippen LogP contribution in [0.3, 0.4) is 0 Å². The van der Waals surface area contributed by atoms with E-state index in [9.17, 15) is 18.4 Å². The lowest BCUT2D eigenvalue weighted by Crippen LogP contribution is -2.55. The molecule has 1 heterocycles. The molecule has 4 bridgehead atoms. The van der Waals surface area contributed by atoms with Crippen molar-refractivity contribution in [2.24, 2.45) is 29.6 Å². The van der Waals surface area contributed by atoms with Gasteiger partial charge in [0, 0.05) is 11.8 Å². The van der Waals surface area contributed by atoms with Gasteiger partial charge in [-0.15, -0.1) is 11.8 Å². The Morgan fingerprint density at radius 2 is 1.84 bits per heavy atom. The van der Waals surface area contributed by atoms with Crippen LogP contribution in [-0.2, 0) is 4.79 Å². The number of nitrogens with one attached hydrogen (secondary N) is 1. The average Bonchev–Trinajstić information content (AvgIpc) is 3.09. The fraction of sp³-hybridized carbons (Fsp3) is 0.762. The van der Waals surface area contributed by atoms with Crippen LogP contribution in [0.4, 0.5) is 8.78 Å². The zero-order valence-corrected chi connectivity index (χ0v) is 18.4. The minimum absolute atomic E-state index is 0.0619. The molecule has 4 fully saturated rings. The summed E-state index contributed by atoms with van der Waals surface area (Å²) in [4.78, 5) is 24.0. The SMILES string of the molecule is CC(C)CSc1c(OCC(F)(F)C(=O)O)noc1C(=O)NC1C2CC3CC(C2)CC1C3. The minimum Gasteiger partial charge on any atom is -0.477 e. The Labute approximate surface area is 183 Å². The number of hydrogen-bond donors (Lipinski definition) is 2. The highest BCUT2D eigenvalue weighted by atomic mass is 32.2. The van der Waals surface area contributed by atoms with E-state index in [1.165, 1.54) is 18.2 Å². The summed E-state index contributed by atoms with van der Waals surface area (Å²) in [5, 5.41) is 15.4. The fourth-order valence-electron chi connectivity index (χ4n) is 5.48. The molecule has 0 unspecified atom stereocenters. The van der Waals surface area contributed by atoms with Crippen molar-refractivity contribution in [3.8, 4) is 5.88 Å². The maximum Gasteiger partial charge on any atom is 0.378 e. The first-order valence-corrected chi connectivity index (χ1v) is 11.8. The summed E-state index contributed by atoms with van der Waals surface area (Å²) in [6.07, 6.45) is 5.88. The number of amides is 1. The van der Waals surface area contributed by atoms with Crippen LogP contribution in [0, 0.1) is 29.6 Å². The van der Waals surface area contributed by atoms with E-state index in [2.05, 4.69) is 10.5 Å². The van der Waals surface area contributed by atoms with Crippen molar-refractivity contribution in [2.75, 3.05) is 12.4 Å². The Morgan fingerprint density at radius 1 is 1.23 bits per heavy atom. The zero-order valence-electron chi connectivity index (χ0n) is 17.6. The van der Waals surface area contributed by atoms with E-state index in [1.54, 1.807) is 0 Å². The van der Waals surface area contributed by atoms with Gasteiger partial charge in [-0.2, -0.15) is 8.78 Å². The number of halogens is 2. The molecular weight excluding hydrogens is 430 g/mol. The normalized spacial score (nSPS) is 29.4. The number of ether oxygens (including phenoxy) is 1. The summed E-state index contributed by atoms with van der Waals surface area (Å²) in [6, 6.07) is 0.0917. The number of carbonyl (C=O) groups excluding carboxylic acids is 1. The van der Waals surface area contributed by atoms with Crippen LogP contribution < -0.4 is 10.1 Å². The maximum atomic E-state index is 13.4. The summed E-state index contributed by atoms with van der Waals surface area (Å²) in [5.74, 6) is -3.78. The van der Waals surface area contributed by atoms with E-state index in [0.29, 0.717) is 17.6 Å². The van der Waals surface area contributed by atoms with Gasteiger partial charge in [0.2, 0.25) is 5.76 Å². The number of alkyl halides is 2. The van der Waals surface area contributed by atoms with Crippen molar-refractivity contribution in [2.45, 2.75) is 62.8 Å². The van der Waals surface area contributed by atoms with Gasteiger partial charge < -0.3 is 19.7 Å². The van der Waals surface area contributed by atoms with Gasteiger partial charge in [-0.05, 0) is 66.9 Å². The summed E-state index contributed by atoms with van der Waals surface area (Å²) in [5.41, 5.74) is 0. The van der Waals surface area contributed by atoms with Crippen molar-refractivity contribution in [1.82, 2.24) is 10.5 Å². The van der Waals surface area contributed by atoms with E-state index < -0.39 is 24.4 Å². The molecule has 4 saturated carbocycles. The second-order valence-corrected chi connectivity index (χ2v) is 10.6. The average molecular weight is 459 g/mol. The van der Waals surface area contributed by atoms with Gasteiger partial charge in [-0.3, -0.25) is 4.79 Å². The number of rotatable bonds is 9. The molecule has 0 radical (unpaired) electrons. The van der Waals surface area contributed by atoms with E-state index in [-0.39, 0.29) is 28.5 Å². The molecule has 0 atom stereocenters. The van der Waals surface area contributed by atoms with Crippen LogP contribution in [0.1, 0.15) is 56.5 Å². The van der Waals surface area contributed by atoms with Gasteiger partial charge >= 0.3 is 11.9 Å². The molecule has 31 heavy (non-hydrogen) atoms. The molecule has 7 nitrogen and oxygen atoms in total. The van der Waals surface area contributed by atoms with E-state index in [4.69, 9.17) is 14.4 Å². The lowest BCUT2D eigenvalue weighted by Gasteiger charge is -2.54. The highest BCUT2D eigenvalue weighted by Gasteiger charge is 2.49. The summed E-state index contributed by atoms with van der Waals surface area (Å²) < 4.78 is 37.1. The number of thioether (sulfide) groups is 1. The highest BCUT2D eigenvalue weighted by Crippen LogP contribution is 2.53. The molecule has 4 aliphatic carbocycles. The van der Waals surface area contributed by atoms with Crippen molar-refractivity contribution >= 4 is 23.6 Å². The Morgan fingerprint density at radius 3 is 2.39 bits per heavy atom. The molecule has 1 amide bonds. The maximum absolute atomic E-state index is 13.4. The molecule has 1 aromatic heterocycles. The number of carbonyl (C=O) groups is 2. The molecule has 172 valence electrons. The number of aliphatic carboxylic acids is 1. The first-order valence-electron chi connectivity index (χ1n) is 10.8. The summed E-state index contributed by atoms with van der Waals surface area (Å²) >= 11 is 1.23. The van der Waals surface area contributed by atoms with Gasteiger partial charge in [0.25, 0.3) is 11.8 Å². The smallest absolute Gasteiger partial charge is 0.378 e. The Balaban J connectivity index is 1.49. The molecule has 2 N–H and O–H groups in total. The Kier molecular flexibility index (Phi) is 6.20. The van der Waals surface area contributed by atoms with E-state index in [0.717, 1.165) is 37.5 Å². The van der Waals surface area contributed by atoms with E-state index in [1.807, 2.05) is 13.8 Å². The van der Waals surface area contributed by atoms with Gasteiger partial charge in [-0.25, -0.2) is 4.79 Å². The zero-order chi connectivity index (χ0) is 22.3. The minimum atomic E-state index is -4.07. The topological polar surface area (TPSA) is 102 Å². The first kappa shape index (κ1) is 22.4. The molecule has 4 aliphatic rings. The second kappa shape index (κ2) is 8.60.